The standard InChI is InChI=1S/C18H24N2/c1-13(2)16-10-8-15(9-11-16)12-18(19-4)17-7-5-6-14(3)20-17/h5-11,13,18-19H,12H2,1-4H3. The van der Waals surface area contributed by atoms with Crippen molar-refractivity contribution in [3.8, 4) is 0 Å². The average molecular weight is 268 g/mol. The Morgan fingerprint density at radius 2 is 1.75 bits per heavy atom. The molecular weight excluding hydrogens is 244 g/mol. The largest absolute Gasteiger partial charge is 0.311 e. The SMILES string of the molecule is CNC(Cc1ccc(C(C)C)cc1)c1cccc(C)n1. The Morgan fingerprint density at radius 1 is 1.05 bits per heavy atom. The van der Waals surface area contributed by atoms with Crippen molar-refractivity contribution in [2.24, 2.45) is 0 Å². The Morgan fingerprint density at radius 3 is 2.30 bits per heavy atom. The number of nitrogens with one attached hydrogen (secondary N) is 1. The number of benzene rings is 1. The van der Waals surface area contributed by atoms with E-state index >= 15 is 0 Å². The molecule has 2 aromatic rings. The molecule has 2 nitrogen and oxygen atoms in total. The van der Waals surface area contributed by atoms with Crippen LogP contribution in [0.25, 0.3) is 0 Å². The molecule has 0 aliphatic rings. The fraction of sp³-hybridized carbons (Fsp3) is 0.389. The van der Waals surface area contributed by atoms with Crippen LogP contribution in [0, 0.1) is 6.92 Å². The predicted molar refractivity (Wildman–Crippen MR) is 85.0 cm³/mol. The van der Waals surface area contributed by atoms with Crippen LogP contribution in [0.1, 0.15) is 48.3 Å². The van der Waals surface area contributed by atoms with Crippen molar-refractivity contribution in [2.75, 3.05) is 7.05 Å². The number of hydrogen-bond acceptors (Lipinski definition) is 2. The minimum atomic E-state index is 0.264. The van der Waals surface area contributed by atoms with Gasteiger partial charge in [0.05, 0.1) is 11.7 Å². The van der Waals surface area contributed by atoms with Crippen LogP contribution in [0.5, 0.6) is 0 Å². The summed E-state index contributed by atoms with van der Waals surface area (Å²) in [6.45, 7) is 6.48. The van der Waals surface area contributed by atoms with Gasteiger partial charge in [-0.05, 0) is 49.6 Å². The summed E-state index contributed by atoms with van der Waals surface area (Å²) in [5, 5.41) is 3.37. The third-order valence-electron chi connectivity index (χ3n) is 3.70. The van der Waals surface area contributed by atoms with E-state index < -0.39 is 0 Å². The second-order valence-electron chi connectivity index (χ2n) is 5.65. The fourth-order valence-electron chi connectivity index (χ4n) is 2.39. The molecule has 0 saturated heterocycles. The molecule has 0 aliphatic carbocycles. The lowest BCUT2D eigenvalue weighted by atomic mass is 9.98. The monoisotopic (exact) mass is 268 g/mol. The van der Waals surface area contributed by atoms with Gasteiger partial charge in [-0.2, -0.15) is 0 Å². The van der Waals surface area contributed by atoms with Crippen LogP contribution in [-0.4, -0.2) is 12.0 Å². The topological polar surface area (TPSA) is 24.9 Å². The number of nitrogens with zero attached hydrogens (tertiary/aromatic N) is 1. The Balaban J connectivity index is 2.14. The first-order chi connectivity index (χ1) is 9.60. The molecule has 0 amide bonds. The average Bonchev–Trinajstić information content (AvgIpc) is 2.45. The highest BCUT2D eigenvalue weighted by atomic mass is 14.9. The van der Waals surface area contributed by atoms with Gasteiger partial charge < -0.3 is 5.32 Å². The molecule has 2 rings (SSSR count). The number of pyridine rings is 1. The lowest BCUT2D eigenvalue weighted by molar-refractivity contribution is 0.574. The van der Waals surface area contributed by atoms with Crippen LogP contribution in [0.3, 0.4) is 0 Å². The zero-order chi connectivity index (χ0) is 14.5. The predicted octanol–water partition coefficient (Wildman–Crippen LogP) is 4.02. The zero-order valence-corrected chi connectivity index (χ0v) is 12.9. The van der Waals surface area contributed by atoms with Crippen molar-refractivity contribution in [1.82, 2.24) is 10.3 Å². The molecule has 0 saturated carbocycles. The van der Waals surface area contributed by atoms with Crippen LogP contribution in [0.4, 0.5) is 0 Å². The van der Waals surface area contributed by atoms with E-state index in [1.54, 1.807) is 0 Å². The lowest BCUT2D eigenvalue weighted by Crippen LogP contribution is -2.20. The molecule has 1 aromatic carbocycles. The molecule has 106 valence electrons. The maximum Gasteiger partial charge on any atom is 0.0579 e. The minimum Gasteiger partial charge on any atom is -0.311 e. The fourth-order valence-corrected chi connectivity index (χ4v) is 2.39. The van der Waals surface area contributed by atoms with E-state index in [1.165, 1.54) is 11.1 Å². The normalized spacial score (nSPS) is 12.7. The zero-order valence-electron chi connectivity index (χ0n) is 12.9. The van der Waals surface area contributed by atoms with Gasteiger partial charge in [0.25, 0.3) is 0 Å². The number of hydrogen-bond donors (Lipinski definition) is 1. The smallest absolute Gasteiger partial charge is 0.0579 e. The Labute approximate surface area is 122 Å². The molecule has 1 atom stereocenters. The van der Waals surface area contributed by atoms with Crippen molar-refractivity contribution in [3.05, 3.63) is 65.0 Å². The van der Waals surface area contributed by atoms with Crippen LogP contribution in [0.2, 0.25) is 0 Å². The molecule has 2 heteroatoms. The van der Waals surface area contributed by atoms with Crippen LogP contribution in [-0.2, 0) is 6.42 Å². The van der Waals surface area contributed by atoms with Crippen LogP contribution in [0.15, 0.2) is 42.5 Å². The summed E-state index contributed by atoms with van der Waals surface area (Å²) in [6.07, 6.45) is 0.964. The van der Waals surface area contributed by atoms with Crippen LogP contribution < -0.4 is 5.32 Å². The maximum atomic E-state index is 4.62. The van der Waals surface area contributed by atoms with Gasteiger partial charge in [0.15, 0.2) is 0 Å². The van der Waals surface area contributed by atoms with E-state index in [1.807, 2.05) is 20.0 Å². The van der Waals surface area contributed by atoms with E-state index in [9.17, 15) is 0 Å². The molecule has 0 bridgehead atoms. The number of aromatic nitrogens is 1. The first-order valence-corrected chi connectivity index (χ1v) is 7.30. The van der Waals surface area contributed by atoms with Crippen molar-refractivity contribution >= 4 is 0 Å². The molecule has 20 heavy (non-hydrogen) atoms. The lowest BCUT2D eigenvalue weighted by Gasteiger charge is -2.17. The van der Waals surface area contributed by atoms with Crippen molar-refractivity contribution in [1.29, 1.82) is 0 Å². The summed E-state index contributed by atoms with van der Waals surface area (Å²) in [4.78, 5) is 4.62. The maximum absolute atomic E-state index is 4.62. The summed E-state index contributed by atoms with van der Waals surface area (Å²) < 4.78 is 0. The first-order valence-electron chi connectivity index (χ1n) is 7.30. The van der Waals surface area contributed by atoms with Crippen LogP contribution >= 0.6 is 0 Å². The van der Waals surface area contributed by atoms with E-state index in [2.05, 4.69) is 60.5 Å². The van der Waals surface area contributed by atoms with Gasteiger partial charge in [-0.15, -0.1) is 0 Å². The summed E-state index contributed by atoms with van der Waals surface area (Å²) in [7, 11) is 2.00. The second-order valence-corrected chi connectivity index (χ2v) is 5.65. The summed E-state index contributed by atoms with van der Waals surface area (Å²) >= 11 is 0. The summed E-state index contributed by atoms with van der Waals surface area (Å²) in [5.74, 6) is 0.586. The molecule has 0 fully saturated rings. The molecular formula is C18H24N2. The highest BCUT2D eigenvalue weighted by Crippen LogP contribution is 2.19. The Bertz CT molecular complexity index is 544. The molecule has 1 unspecified atom stereocenters. The number of likely N-dealkylation sites (N-methyl/N-ethyl adjacent to an activating group) is 1. The van der Waals surface area contributed by atoms with Gasteiger partial charge in [0, 0.05) is 5.69 Å². The van der Waals surface area contributed by atoms with E-state index in [0.29, 0.717) is 5.92 Å². The molecule has 0 aliphatic heterocycles. The minimum absolute atomic E-state index is 0.264. The third-order valence-corrected chi connectivity index (χ3v) is 3.70. The highest BCUT2D eigenvalue weighted by Gasteiger charge is 2.11. The van der Waals surface area contributed by atoms with Crippen molar-refractivity contribution < 1.29 is 0 Å². The van der Waals surface area contributed by atoms with Crippen molar-refractivity contribution in [2.45, 2.75) is 39.2 Å². The van der Waals surface area contributed by atoms with Gasteiger partial charge in [0.1, 0.15) is 0 Å². The molecule has 1 N–H and O–H groups in total. The van der Waals surface area contributed by atoms with Gasteiger partial charge in [-0.3, -0.25) is 4.98 Å². The van der Waals surface area contributed by atoms with E-state index in [-0.39, 0.29) is 6.04 Å². The van der Waals surface area contributed by atoms with E-state index in [4.69, 9.17) is 0 Å². The van der Waals surface area contributed by atoms with Gasteiger partial charge in [-0.25, -0.2) is 0 Å². The quantitative estimate of drug-likeness (QED) is 0.886. The molecule has 0 spiro atoms. The van der Waals surface area contributed by atoms with Gasteiger partial charge in [-0.1, -0.05) is 44.2 Å². The Hall–Kier alpha value is -1.67. The molecule has 1 aromatic heterocycles. The number of rotatable bonds is 5. The summed E-state index contributed by atoms with van der Waals surface area (Å²) in [5.41, 5.74) is 4.92. The Kier molecular flexibility index (Phi) is 4.91. The second kappa shape index (κ2) is 6.67. The molecule has 1 heterocycles. The summed E-state index contributed by atoms with van der Waals surface area (Å²) in [6, 6.07) is 15.4. The molecule has 0 radical (unpaired) electrons. The first kappa shape index (κ1) is 14.7. The number of aryl methyl sites for hydroxylation is 1. The van der Waals surface area contributed by atoms with Crippen molar-refractivity contribution in [3.63, 3.8) is 0 Å². The van der Waals surface area contributed by atoms with Gasteiger partial charge in [0.2, 0.25) is 0 Å². The highest BCUT2D eigenvalue weighted by molar-refractivity contribution is 5.26. The third kappa shape index (κ3) is 3.67. The van der Waals surface area contributed by atoms with E-state index in [0.717, 1.165) is 17.8 Å². The van der Waals surface area contributed by atoms with Gasteiger partial charge >= 0.3 is 0 Å².